The van der Waals surface area contributed by atoms with E-state index in [9.17, 15) is 0 Å². The summed E-state index contributed by atoms with van der Waals surface area (Å²) >= 11 is 5.86. The summed E-state index contributed by atoms with van der Waals surface area (Å²) in [6, 6.07) is 7.98. The van der Waals surface area contributed by atoms with Gasteiger partial charge in [0, 0.05) is 11.1 Å². The molecule has 0 aliphatic rings. The van der Waals surface area contributed by atoms with Gasteiger partial charge in [-0.25, -0.2) is 0 Å². The topological polar surface area (TPSA) is 21.3 Å². The van der Waals surface area contributed by atoms with E-state index < -0.39 is 0 Å². The Morgan fingerprint density at radius 1 is 1.21 bits per heavy atom. The average Bonchev–Trinajstić information content (AvgIpc) is 2.43. The summed E-state index contributed by atoms with van der Waals surface area (Å²) in [6.07, 6.45) is 3.52. The number of benzene rings is 1. The zero-order valence-electron chi connectivity index (χ0n) is 12.3. The highest BCUT2D eigenvalue weighted by molar-refractivity contribution is 6.30. The van der Waals surface area contributed by atoms with Crippen molar-refractivity contribution in [2.45, 2.75) is 46.1 Å². The van der Waals surface area contributed by atoms with E-state index in [1.165, 1.54) is 6.42 Å². The van der Waals surface area contributed by atoms with Crippen LogP contribution in [0, 0.1) is 5.92 Å². The van der Waals surface area contributed by atoms with Gasteiger partial charge in [-0.05, 0) is 49.6 Å². The summed E-state index contributed by atoms with van der Waals surface area (Å²) in [5.74, 6) is 1.61. The molecule has 0 fully saturated rings. The van der Waals surface area contributed by atoms with E-state index in [0.717, 1.165) is 36.1 Å². The number of rotatable bonds is 9. The second kappa shape index (κ2) is 9.22. The van der Waals surface area contributed by atoms with Crippen molar-refractivity contribution in [1.82, 2.24) is 5.32 Å². The van der Waals surface area contributed by atoms with E-state index in [1.807, 2.05) is 24.3 Å². The summed E-state index contributed by atoms with van der Waals surface area (Å²) in [5, 5.41) is 4.31. The maximum absolute atomic E-state index is 5.86. The first-order valence-corrected chi connectivity index (χ1v) is 7.65. The number of nitrogens with one attached hydrogen (secondary N) is 1. The third kappa shape index (κ3) is 6.84. The van der Waals surface area contributed by atoms with Crippen molar-refractivity contribution >= 4 is 11.6 Å². The first-order valence-electron chi connectivity index (χ1n) is 7.27. The Morgan fingerprint density at radius 3 is 2.47 bits per heavy atom. The average molecular weight is 284 g/mol. The SMILES string of the molecule is CCCNC(COc1ccc(Cl)cc1)CC(C)CC. The van der Waals surface area contributed by atoms with Crippen molar-refractivity contribution in [2.75, 3.05) is 13.2 Å². The fourth-order valence-electron chi connectivity index (χ4n) is 1.94. The zero-order chi connectivity index (χ0) is 14.1. The van der Waals surface area contributed by atoms with Crippen molar-refractivity contribution in [3.8, 4) is 5.75 Å². The maximum atomic E-state index is 5.86. The maximum Gasteiger partial charge on any atom is 0.119 e. The monoisotopic (exact) mass is 283 g/mol. The minimum atomic E-state index is 0.422. The fourth-order valence-corrected chi connectivity index (χ4v) is 2.06. The molecule has 19 heavy (non-hydrogen) atoms. The Morgan fingerprint density at radius 2 is 1.89 bits per heavy atom. The summed E-state index contributed by atoms with van der Waals surface area (Å²) in [5.41, 5.74) is 0. The van der Waals surface area contributed by atoms with Gasteiger partial charge in [-0.15, -0.1) is 0 Å². The van der Waals surface area contributed by atoms with Gasteiger partial charge in [0.15, 0.2) is 0 Å². The third-order valence-corrected chi connectivity index (χ3v) is 3.58. The molecule has 0 bridgehead atoms. The molecule has 108 valence electrons. The first kappa shape index (κ1) is 16.3. The van der Waals surface area contributed by atoms with Gasteiger partial charge in [-0.3, -0.25) is 0 Å². The van der Waals surface area contributed by atoms with Crippen LogP contribution in [-0.2, 0) is 0 Å². The Hall–Kier alpha value is -0.730. The van der Waals surface area contributed by atoms with Crippen molar-refractivity contribution in [2.24, 2.45) is 5.92 Å². The smallest absolute Gasteiger partial charge is 0.119 e. The van der Waals surface area contributed by atoms with Crippen LogP contribution in [0.3, 0.4) is 0 Å². The normalized spacial score (nSPS) is 14.1. The molecule has 1 N–H and O–H groups in total. The van der Waals surface area contributed by atoms with Gasteiger partial charge in [0.25, 0.3) is 0 Å². The third-order valence-electron chi connectivity index (χ3n) is 3.33. The van der Waals surface area contributed by atoms with E-state index in [0.29, 0.717) is 12.6 Å². The van der Waals surface area contributed by atoms with Crippen LogP contribution in [0.5, 0.6) is 5.75 Å². The molecule has 2 atom stereocenters. The minimum absolute atomic E-state index is 0.422. The van der Waals surface area contributed by atoms with Gasteiger partial charge < -0.3 is 10.1 Å². The summed E-state index contributed by atoms with van der Waals surface area (Å²) < 4.78 is 5.84. The van der Waals surface area contributed by atoms with E-state index in [1.54, 1.807) is 0 Å². The molecule has 2 nitrogen and oxygen atoms in total. The molecule has 1 rings (SSSR count). The van der Waals surface area contributed by atoms with Crippen molar-refractivity contribution in [1.29, 1.82) is 0 Å². The van der Waals surface area contributed by atoms with Crippen LogP contribution in [-0.4, -0.2) is 19.2 Å². The second-order valence-corrected chi connectivity index (χ2v) is 5.60. The molecule has 0 aliphatic carbocycles. The van der Waals surface area contributed by atoms with Crippen molar-refractivity contribution < 1.29 is 4.74 Å². The first-order chi connectivity index (χ1) is 9.15. The minimum Gasteiger partial charge on any atom is -0.492 e. The van der Waals surface area contributed by atoms with Gasteiger partial charge >= 0.3 is 0 Å². The second-order valence-electron chi connectivity index (χ2n) is 5.17. The van der Waals surface area contributed by atoms with Crippen LogP contribution >= 0.6 is 11.6 Å². The highest BCUT2D eigenvalue weighted by Crippen LogP contribution is 2.17. The van der Waals surface area contributed by atoms with E-state index >= 15 is 0 Å². The van der Waals surface area contributed by atoms with E-state index in [2.05, 4.69) is 26.1 Å². The molecule has 1 aromatic rings. The standard InChI is InChI=1S/C16H26ClNO/c1-4-10-18-15(11-13(3)5-2)12-19-16-8-6-14(17)7-9-16/h6-9,13,15,18H,4-5,10-12H2,1-3H3. The molecular formula is C16H26ClNO. The highest BCUT2D eigenvalue weighted by atomic mass is 35.5. The lowest BCUT2D eigenvalue weighted by Gasteiger charge is -2.22. The molecule has 0 spiro atoms. The van der Waals surface area contributed by atoms with Crippen molar-refractivity contribution in [3.63, 3.8) is 0 Å². The lowest BCUT2D eigenvalue weighted by atomic mass is 10.00. The van der Waals surface area contributed by atoms with Gasteiger partial charge in [0.1, 0.15) is 12.4 Å². The summed E-state index contributed by atoms with van der Waals surface area (Å²) in [4.78, 5) is 0. The van der Waals surface area contributed by atoms with Crippen LogP contribution in [0.1, 0.15) is 40.0 Å². The zero-order valence-corrected chi connectivity index (χ0v) is 13.0. The predicted octanol–water partition coefficient (Wildman–Crippen LogP) is 4.52. The molecular weight excluding hydrogens is 258 g/mol. The van der Waals surface area contributed by atoms with E-state index in [-0.39, 0.29) is 0 Å². The van der Waals surface area contributed by atoms with E-state index in [4.69, 9.17) is 16.3 Å². The van der Waals surface area contributed by atoms with Gasteiger partial charge in [0.05, 0.1) is 0 Å². The van der Waals surface area contributed by atoms with Crippen LogP contribution in [0.15, 0.2) is 24.3 Å². The van der Waals surface area contributed by atoms with Crippen LogP contribution in [0.2, 0.25) is 5.02 Å². The molecule has 0 radical (unpaired) electrons. The largest absolute Gasteiger partial charge is 0.492 e. The molecule has 0 saturated carbocycles. The van der Waals surface area contributed by atoms with Crippen LogP contribution in [0.25, 0.3) is 0 Å². The molecule has 2 unspecified atom stereocenters. The molecule has 0 amide bonds. The Balaban J connectivity index is 2.44. The van der Waals surface area contributed by atoms with Gasteiger partial charge in [0.2, 0.25) is 0 Å². The molecule has 0 aliphatic heterocycles. The molecule has 0 saturated heterocycles. The van der Waals surface area contributed by atoms with Gasteiger partial charge in [-0.1, -0.05) is 38.8 Å². The predicted molar refractivity (Wildman–Crippen MR) is 83.1 cm³/mol. The lowest BCUT2D eigenvalue weighted by molar-refractivity contribution is 0.240. The Labute approximate surface area is 122 Å². The Kier molecular flexibility index (Phi) is 7.92. The van der Waals surface area contributed by atoms with Crippen LogP contribution < -0.4 is 10.1 Å². The number of ether oxygens (including phenoxy) is 1. The number of hydrogen-bond acceptors (Lipinski definition) is 2. The summed E-state index contributed by atoms with van der Waals surface area (Å²) in [6.45, 7) is 8.48. The molecule has 3 heteroatoms. The molecule has 0 aromatic heterocycles. The van der Waals surface area contributed by atoms with Gasteiger partial charge in [-0.2, -0.15) is 0 Å². The van der Waals surface area contributed by atoms with Crippen molar-refractivity contribution in [3.05, 3.63) is 29.3 Å². The fraction of sp³-hybridized carbons (Fsp3) is 0.625. The number of halogens is 1. The highest BCUT2D eigenvalue weighted by Gasteiger charge is 2.12. The quantitative estimate of drug-likeness (QED) is 0.719. The Bertz CT molecular complexity index is 339. The molecule has 0 heterocycles. The lowest BCUT2D eigenvalue weighted by Crippen LogP contribution is -2.36. The number of hydrogen-bond donors (Lipinski definition) is 1. The van der Waals surface area contributed by atoms with Crippen LogP contribution in [0.4, 0.5) is 0 Å². The summed E-state index contributed by atoms with van der Waals surface area (Å²) in [7, 11) is 0. The molecule has 1 aromatic carbocycles.